The molecule has 1 aromatic rings. The Labute approximate surface area is 101 Å². The number of carbonyl (C=O) groups is 1. The van der Waals surface area contributed by atoms with Gasteiger partial charge in [-0.3, -0.25) is 4.68 Å². The number of piperidine rings is 1. The van der Waals surface area contributed by atoms with Crippen LogP contribution in [0.3, 0.4) is 0 Å². The summed E-state index contributed by atoms with van der Waals surface area (Å²) in [5.41, 5.74) is 0. The zero-order chi connectivity index (χ0) is 11.7. The van der Waals surface area contributed by atoms with Gasteiger partial charge in [-0.05, 0) is 22.4 Å². The zero-order valence-electron chi connectivity index (χ0n) is 8.45. The SMILES string of the molecule is O=C(O)N1CC[C@@H](n2cc(Br)cn2)[C@H](O)C1. The fraction of sp³-hybridized carbons (Fsp3) is 0.556. The molecule has 2 heterocycles. The number of aliphatic hydroxyl groups is 1. The van der Waals surface area contributed by atoms with Gasteiger partial charge in [0.2, 0.25) is 0 Å². The summed E-state index contributed by atoms with van der Waals surface area (Å²) in [6, 6.07) is -0.151. The van der Waals surface area contributed by atoms with E-state index < -0.39 is 12.2 Å². The van der Waals surface area contributed by atoms with Crippen LogP contribution in [0, 0.1) is 0 Å². The van der Waals surface area contributed by atoms with E-state index in [9.17, 15) is 9.90 Å². The molecule has 0 bridgehead atoms. The third kappa shape index (κ3) is 2.19. The van der Waals surface area contributed by atoms with Crippen molar-refractivity contribution < 1.29 is 15.0 Å². The summed E-state index contributed by atoms with van der Waals surface area (Å²) < 4.78 is 2.52. The molecule has 1 aliphatic heterocycles. The van der Waals surface area contributed by atoms with Crippen molar-refractivity contribution in [1.29, 1.82) is 0 Å². The largest absolute Gasteiger partial charge is 0.465 e. The topological polar surface area (TPSA) is 78.6 Å². The monoisotopic (exact) mass is 289 g/mol. The molecule has 1 saturated heterocycles. The number of hydrogen-bond donors (Lipinski definition) is 2. The standard InChI is InChI=1S/C9H12BrN3O3/c10-6-3-11-13(4-6)7-1-2-12(9(15)16)5-8(7)14/h3-4,7-8,14H,1-2,5H2,(H,15,16)/t7-,8-/m1/s1. The molecule has 0 aromatic carbocycles. The number of rotatable bonds is 1. The number of aliphatic hydroxyl groups excluding tert-OH is 1. The molecule has 1 amide bonds. The maximum atomic E-state index is 10.7. The summed E-state index contributed by atoms with van der Waals surface area (Å²) >= 11 is 3.28. The fourth-order valence-electron chi connectivity index (χ4n) is 1.90. The molecular weight excluding hydrogens is 278 g/mol. The Morgan fingerprint density at radius 3 is 2.88 bits per heavy atom. The number of hydrogen-bond acceptors (Lipinski definition) is 3. The van der Waals surface area contributed by atoms with Gasteiger partial charge in [0.25, 0.3) is 0 Å². The number of β-amino-alcohol motifs (C(OH)–C–C–N with tert-alkyl or cyclic N) is 1. The minimum Gasteiger partial charge on any atom is -0.465 e. The van der Waals surface area contributed by atoms with Crippen LogP contribution in [0.2, 0.25) is 0 Å². The number of aromatic nitrogens is 2. The van der Waals surface area contributed by atoms with E-state index in [1.165, 1.54) is 4.90 Å². The highest BCUT2D eigenvalue weighted by Crippen LogP contribution is 2.23. The second kappa shape index (κ2) is 4.42. The smallest absolute Gasteiger partial charge is 0.407 e. The van der Waals surface area contributed by atoms with Crippen molar-refractivity contribution in [3.8, 4) is 0 Å². The molecular formula is C9H12BrN3O3. The minimum absolute atomic E-state index is 0.136. The predicted molar refractivity (Wildman–Crippen MR) is 59.2 cm³/mol. The van der Waals surface area contributed by atoms with Crippen molar-refractivity contribution in [2.75, 3.05) is 13.1 Å². The lowest BCUT2D eigenvalue weighted by Crippen LogP contribution is -2.46. The van der Waals surface area contributed by atoms with Crippen molar-refractivity contribution in [2.45, 2.75) is 18.6 Å². The van der Waals surface area contributed by atoms with Crippen molar-refractivity contribution in [3.63, 3.8) is 0 Å². The molecule has 16 heavy (non-hydrogen) atoms. The van der Waals surface area contributed by atoms with Crippen molar-refractivity contribution in [3.05, 3.63) is 16.9 Å². The number of carboxylic acid groups (broad SMARTS) is 1. The lowest BCUT2D eigenvalue weighted by atomic mass is 10.0. The Bertz CT molecular complexity index is 395. The molecule has 2 atom stereocenters. The Kier molecular flexibility index (Phi) is 3.15. The summed E-state index contributed by atoms with van der Waals surface area (Å²) in [6.07, 6.45) is 2.30. The highest BCUT2D eigenvalue weighted by atomic mass is 79.9. The van der Waals surface area contributed by atoms with Crippen LogP contribution >= 0.6 is 15.9 Å². The van der Waals surface area contributed by atoms with Crippen LogP contribution in [0.15, 0.2) is 16.9 Å². The molecule has 1 aromatic heterocycles. The van der Waals surface area contributed by atoms with Gasteiger partial charge in [-0.15, -0.1) is 0 Å². The second-order valence-corrected chi connectivity index (χ2v) is 4.71. The van der Waals surface area contributed by atoms with Gasteiger partial charge < -0.3 is 15.1 Å². The molecule has 7 heteroatoms. The predicted octanol–water partition coefficient (Wildman–Crippen LogP) is 0.931. The molecule has 2 N–H and O–H groups in total. The maximum Gasteiger partial charge on any atom is 0.407 e. The molecule has 2 rings (SSSR count). The molecule has 1 fully saturated rings. The number of likely N-dealkylation sites (tertiary alicyclic amines) is 1. The third-order valence-corrected chi connectivity index (χ3v) is 3.14. The molecule has 0 spiro atoms. The van der Waals surface area contributed by atoms with Crippen LogP contribution in [0.5, 0.6) is 0 Å². The fourth-order valence-corrected chi connectivity index (χ4v) is 2.20. The molecule has 0 aliphatic carbocycles. The highest BCUT2D eigenvalue weighted by Gasteiger charge is 2.31. The van der Waals surface area contributed by atoms with E-state index in [0.29, 0.717) is 13.0 Å². The van der Waals surface area contributed by atoms with Gasteiger partial charge in [0, 0.05) is 12.7 Å². The second-order valence-electron chi connectivity index (χ2n) is 3.79. The summed E-state index contributed by atoms with van der Waals surface area (Å²) in [5.74, 6) is 0. The average molecular weight is 290 g/mol. The first-order chi connectivity index (χ1) is 7.58. The molecule has 88 valence electrons. The molecule has 0 radical (unpaired) electrons. The van der Waals surface area contributed by atoms with Crippen LogP contribution in [0.4, 0.5) is 4.79 Å². The summed E-state index contributed by atoms with van der Waals surface area (Å²) in [7, 11) is 0. The van der Waals surface area contributed by atoms with Gasteiger partial charge in [-0.2, -0.15) is 5.10 Å². The van der Waals surface area contributed by atoms with Crippen molar-refractivity contribution >= 4 is 22.0 Å². The van der Waals surface area contributed by atoms with Crippen LogP contribution in [-0.2, 0) is 0 Å². The first-order valence-electron chi connectivity index (χ1n) is 4.93. The molecule has 0 saturated carbocycles. The van der Waals surface area contributed by atoms with E-state index in [4.69, 9.17) is 5.11 Å². The quantitative estimate of drug-likeness (QED) is 0.806. The van der Waals surface area contributed by atoms with Crippen molar-refractivity contribution in [1.82, 2.24) is 14.7 Å². The minimum atomic E-state index is -0.987. The van der Waals surface area contributed by atoms with Crippen LogP contribution < -0.4 is 0 Å². The number of amides is 1. The Hall–Kier alpha value is -1.08. The molecule has 1 aliphatic rings. The Morgan fingerprint density at radius 1 is 1.62 bits per heavy atom. The lowest BCUT2D eigenvalue weighted by molar-refractivity contribution is 0.0255. The van der Waals surface area contributed by atoms with E-state index in [-0.39, 0.29) is 12.6 Å². The van der Waals surface area contributed by atoms with E-state index in [2.05, 4.69) is 21.0 Å². The van der Waals surface area contributed by atoms with Gasteiger partial charge in [0.1, 0.15) is 0 Å². The normalized spacial score (nSPS) is 25.8. The van der Waals surface area contributed by atoms with Crippen molar-refractivity contribution in [2.24, 2.45) is 0 Å². The van der Waals surface area contributed by atoms with E-state index in [1.54, 1.807) is 17.1 Å². The first-order valence-corrected chi connectivity index (χ1v) is 5.73. The van der Waals surface area contributed by atoms with Crippen LogP contribution in [0.1, 0.15) is 12.5 Å². The van der Waals surface area contributed by atoms with Gasteiger partial charge in [-0.25, -0.2) is 4.79 Å². The lowest BCUT2D eigenvalue weighted by Gasteiger charge is -2.34. The van der Waals surface area contributed by atoms with Gasteiger partial charge in [0.05, 0.1) is 29.4 Å². The number of halogens is 1. The third-order valence-electron chi connectivity index (χ3n) is 2.73. The van der Waals surface area contributed by atoms with Gasteiger partial charge >= 0.3 is 6.09 Å². The summed E-state index contributed by atoms with van der Waals surface area (Å²) in [4.78, 5) is 12.0. The van der Waals surface area contributed by atoms with E-state index in [1.807, 2.05) is 0 Å². The Balaban J connectivity index is 2.07. The van der Waals surface area contributed by atoms with E-state index in [0.717, 1.165) is 4.47 Å². The first kappa shape index (κ1) is 11.4. The summed E-state index contributed by atoms with van der Waals surface area (Å²) in [5, 5.41) is 22.8. The Morgan fingerprint density at radius 2 is 2.38 bits per heavy atom. The van der Waals surface area contributed by atoms with E-state index >= 15 is 0 Å². The van der Waals surface area contributed by atoms with Gasteiger partial charge in [-0.1, -0.05) is 0 Å². The highest BCUT2D eigenvalue weighted by molar-refractivity contribution is 9.10. The number of nitrogens with zero attached hydrogens (tertiary/aromatic N) is 3. The van der Waals surface area contributed by atoms with Crippen LogP contribution in [0.25, 0.3) is 0 Å². The molecule has 0 unspecified atom stereocenters. The maximum absolute atomic E-state index is 10.7. The summed E-state index contributed by atoms with van der Waals surface area (Å²) in [6.45, 7) is 0.562. The zero-order valence-corrected chi connectivity index (χ0v) is 10.0. The average Bonchev–Trinajstić information content (AvgIpc) is 2.64. The van der Waals surface area contributed by atoms with Gasteiger partial charge in [0.15, 0.2) is 0 Å². The van der Waals surface area contributed by atoms with Crippen LogP contribution in [-0.4, -0.2) is 50.2 Å². The molecule has 6 nitrogen and oxygen atoms in total.